The number of nitrogens with zero attached hydrogens (tertiary/aromatic N) is 4. The van der Waals surface area contributed by atoms with Crippen molar-refractivity contribution < 1.29 is 4.79 Å². The Morgan fingerprint density at radius 3 is 2.50 bits per heavy atom. The molecule has 3 rings (SSSR count). The average Bonchev–Trinajstić information content (AvgIpc) is 3.05. The van der Waals surface area contributed by atoms with Gasteiger partial charge in [-0.25, -0.2) is 0 Å². The quantitative estimate of drug-likeness (QED) is 0.744. The molecule has 1 N–H and O–H groups in total. The lowest BCUT2D eigenvalue weighted by atomic mass is 10.1. The van der Waals surface area contributed by atoms with Crippen LogP contribution in [0.15, 0.2) is 30.5 Å². The highest BCUT2D eigenvalue weighted by Gasteiger charge is 2.16. The number of hydrogen-bond acceptors (Lipinski definition) is 3. The average molecular weight is 372 g/mol. The number of carbonyl (C=O) groups is 1. The van der Waals surface area contributed by atoms with E-state index >= 15 is 0 Å². The predicted octanol–water partition coefficient (Wildman–Crippen LogP) is 3.65. The summed E-state index contributed by atoms with van der Waals surface area (Å²) in [5.41, 5.74) is 5.66. The van der Waals surface area contributed by atoms with Crippen LogP contribution in [0.5, 0.6) is 0 Å². The maximum Gasteiger partial charge on any atom is 0.246 e. The van der Waals surface area contributed by atoms with E-state index in [1.165, 1.54) is 11.1 Å². The van der Waals surface area contributed by atoms with Gasteiger partial charge in [-0.05, 0) is 38.8 Å². The molecule has 6 nitrogen and oxygen atoms in total. The van der Waals surface area contributed by atoms with Crippen LogP contribution in [0.2, 0.25) is 5.02 Å². The normalized spacial score (nSPS) is 11.0. The number of carbonyl (C=O) groups excluding carboxylic acids is 1. The van der Waals surface area contributed by atoms with Crippen molar-refractivity contribution in [2.45, 2.75) is 40.8 Å². The molecule has 0 fully saturated rings. The van der Waals surface area contributed by atoms with Crippen molar-refractivity contribution in [1.82, 2.24) is 19.6 Å². The van der Waals surface area contributed by atoms with Crippen molar-refractivity contribution in [3.05, 3.63) is 63.7 Å². The van der Waals surface area contributed by atoms with Gasteiger partial charge in [0.05, 0.1) is 40.5 Å². The Hall–Kier alpha value is -2.60. The molecular weight excluding hydrogens is 350 g/mol. The molecule has 1 amide bonds. The van der Waals surface area contributed by atoms with Crippen LogP contribution in [-0.4, -0.2) is 25.5 Å². The van der Waals surface area contributed by atoms with Crippen molar-refractivity contribution in [3.63, 3.8) is 0 Å². The van der Waals surface area contributed by atoms with Crippen LogP contribution >= 0.6 is 11.6 Å². The van der Waals surface area contributed by atoms with Crippen LogP contribution in [0.25, 0.3) is 0 Å². The van der Waals surface area contributed by atoms with E-state index in [2.05, 4.69) is 34.6 Å². The summed E-state index contributed by atoms with van der Waals surface area (Å²) >= 11 is 5.99. The van der Waals surface area contributed by atoms with Gasteiger partial charge in [-0.15, -0.1) is 0 Å². The number of anilines is 1. The number of nitrogens with one attached hydrogen (secondary N) is 1. The molecule has 1 aromatic carbocycles. The number of aromatic nitrogens is 4. The molecule has 0 aliphatic carbocycles. The molecule has 2 heterocycles. The van der Waals surface area contributed by atoms with Gasteiger partial charge in [-0.1, -0.05) is 35.9 Å². The third-order valence-corrected chi connectivity index (χ3v) is 4.94. The third kappa shape index (κ3) is 3.65. The van der Waals surface area contributed by atoms with Gasteiger partial charge in [0.25, 0.3) is 0 Å². The fourth-order valence-electron chi connectivity index (χ4n) is 2.88. The summed E-state index contributed by atoms with van der Waals surface area (Å²) in [5.74, 6) is -0.158. The van der Waals surface area contributed by atoms with Crippen molar-refractivity contribution in [1.29, 1.82) is 0 Å². The Morgan fingerprint density at radius 1 is 1.12 bits per heavy atom. The largest absolute Gasteiger partial charge is 0.321 e. The van der Waals surface area contributed by atoms with Crippen LogP contribution in [0.4, 0.5) is 5.69 Å². The number of amides is 1. The van der Waals surface area contributed by atoms with E-state index in [9.17, 15) is 4.79 Å². The second-order valence-corrected chi connectivity index (χ2v) is 6.82. The number of aryl methyl sites for hydroxylation is 2. The molecule has 0 saturated carbocycles. The van der Waals surface area contributed by atoms with Gasteiger partial charge in [-0.3, -0.25) is 14.2 Å². The molecule has 3 aromatic rings. The molecule has 7 heteroatoms. The number of rotatable bonds is 5. The Balaban J connectivity index is 1.76. The summed E-state index contributed by atoms with van der Waals surface area (Å²) in [7, 11) is 0. The van der Waals surface area contributed by atoms with E-state index in [-0.39, 0.29) is 12.5 Å². The van der Waals surface area contributed by atoms with Crippen LogP contribution < -0.4 is 5.32 Å². The molecular formula is C19H22ClN5O. The summed E-state index contributed by atoms with van der Waals surface area (Å²) in [6.45, 7) is 8.56. The zero-order chi connectivity index (χ0) is 18.8. The first kappa shape index (κ1) is 18.2. The van der Waals surface area contributed by atoms with Crippen LogP contribution in [0, 0.1) is 27.7 Å². The zero-order valence-electron chi connectivity index (χ0n) is 15.4. The van der Waals surface area contributed by atoms with Gasteiger partial charge in [0.1, 0.15) is 6.54 Å². The van der Waals surface area contributed by atoms with Gasteiger partial charge < -0.3 is 5.32 Å². The first-order valence-electron chi connectivity index (χ1n) is 8.43. The van der Waals surface area contributed by atoms with Gasteiger partial charge in [0.15, 0.2) is 0 Å². The fraction of sp³-hybridized carbons (Fsp3) is 0.316. The fourth-order valence-corrected chi connectivity index (χ4v) is 3.02. The Bertz CT molecular complexity index is 957. The number of hydrogen-bond donors (Lipinski definition) is 1. The number of benzene rings is 1. The lowest BCUT2D eigenvalue weighted by molar-refractivity contribution is -0.116. The molecule has 26 heavy (non-hydrogen) atoms. The highest BCUT2D eigenvalue weighted by molar-refractivity contribution is 6.31. The first-order valence-corrected chi connectivity index (χ1v) is 8.81. The van der Waals surface area contributed by atoms with E-state index in [0.717, 1.165) is 22.8 Å². The van der Waals surface area contributed by atoms with E-state index in [4.69, 9.17) is 11.6 Å². The summed E-state index contributed by atoms with van der Waals surface area (Å²) in [6.07, 6.45) is 1.54. The standard InChI is InChI=1S/C19H22ClN5O/c1-12-7-5-6-8-16(12)10-25-15(4)19(13(2)23-25)22-18(26)11-24-14(3)17(20)9-21-24/h5-9H,10-11H2,1-4H3,(H,22,26). The minimum absolute atomic E-state index is 0.112. The third-order valence-electron chi connectivity index (χ3n) is 4.56. The SMILES string of the molecule is Cc1ccccc1Cn1nc(C)c(NC(=O)Cn2ncc(Cl)c2C)c1C. The highest BCUT2D eigenvalue weighted by Crippen LogP contribution is 2.21. The molecule has 0 atom stereocenters. The Morgan fingerprint density at radius 2 is 1.85 bits per heavy atom. The van der Waals surface area contributed by atoms with Crippen molar-refractivity contribution in [2.24, 2.45) is 0 Å². The summed E-state index contributed by atoms with van der Waals surface area (Å²) in [6, 6.07) is 8.22. The van der Waals surface area contributed by atoms with E-state index in [1.54, 1.807) is 10.9 Å². The highest BCUT2D eigenvalue weighted by atomic mass is 35.5. The van der Waals surface area contributed by atoms with Gasteiger partial charge in [-0.2, -0.15) is 10.2 Å². The van der Waals surface area contributed by atoms with Crippen LogP contribution in [-0.2, 0) is 17.9 Å². The molecule has 0 bridgehead atoms. The van der Waals surface area contributed by atoms with E-state index in [0.29, 0.717) is 11.6 Å². The van der Waals surface area contributed by atoms with Gasteiger partial charge in [0.2, 0.25) is 5.91 Å². The van der Waals surface area contributed by atoms with Gasteiger partial charge >= 0.3 is 0 Å². The Kier molecular flexibility index (Phi) is 5.13. The smallest absolute Gasteiger partial charge is 0.246 e. The minimum atomic E-state index is -0.158. The molecule has 0 unspecified atom stereocenters. The molecule has 0 aliphatic heterocycles. The van der Waals surface area contributed by atoms with Crippen molar-refractivity contribution >= 4 is 23.2 Å². The minimum Gasteiger partial charge on any atom is -0.321 e. The lowest BCUT2D eigenvalue weighted by Gasteiger charge is -2.09. The van der Waals surface area contributed by atoms with E-state index in [1.807, 2.05) is 37.6 Å². The van der Waals surface area contributed by atoms with Gasteiger partial charge in [0, 0.05) is 0 Å². The topological polar surface area (TPSA) is 64.7 Å². The number of halogens is 1. The molecule has 136 valence electrons. The van der Waals surface area contributed by atoms with Crippen LogP contribution in [0.3, 0.4) is 0 Å². The second kappa shape index (κ2) is 7.33. The monoisotopic (exact) mass is 371 g/mol. The molecule has 2 aromatic heterocycles. The maximum absolute atomic E-state index is 12.4. The predicted molar refractivity (Wildman–Crippen MR) is 103 cm³/mol. The second-order valence-electron chi connectivity index (χ2n) is 6.41. The lowest BCUT2D eigenvalue weighted by Crippen LogP contribution is -2.21. The summed E-state index contributed by atoms with van der Waals surface area (Å²) < 4.78 is 3.50. The maximum atomic E-state index is 12.4. The summed E-state index contributed by atoms with van der Waals surface area (Å²) in [4.78, 5) is 12.4. The summed E-state index contributed by atoms with van der Waals surface area (Å²) in [5, 5.41) is 12.2. The van der Waals surface area contributed by atoms with E-state index < -0.39 is 0 Å². The first-order chi connectivity index (χ1) is 12.4. The van der Waals surface area contributed by atoms with Crippen LogP contribution in [0.1, 0.15) is 28.2 Å². The molecule has 0 saturated heterocycles. The molecule has 0 spiro atoms. The zero-order valence-corrected chi connectivity index (χ0v) is 16.1. The Labute approximate surface area is 157 Å². The molecule has 0 radical (unpaired) electrons. The van der Waals surface area contributed by atoms with Crippen molar-refractivity contribution in [3.8, 4) is 0 Å². The molecule has 0 aliphatic rings. The van der Waals surface area contributed by atoms with Crippen molar-refractivity contribution in [2.75, 3.05) is 5.32 Å².